The maximum absolute atomic E-state index is 12.2. The van der Waals surface area contributed by atoms with Crippen LogP contribution in [0.5, 0.6) is 0 Å². The number of fused-ring (bicyclic) bond motifs is 1. The van der Waals surface area contributed by atoms with E-state index >= 15 is 0 Å². The Morgan fingerprint density at radius 3 is 2.64 bits per heavy atom. The molecular formula is C16H19N3O6. The Kier molecular flexibility index (Phi) is 5.68. The molecule has 0 amide bonds. The molecule has 0 unspecified atom stereocenters. The second-order valence-corrected chi connectivity index (χ2v) is 5.35. The summed E-state index contributed by atoms with van der Waals surface area (Å²) in [5, 5.41) is 0.192. The van der Waals surface area contributed by atoms with Crippen LogP contribution in [0, 0.1) is 0 Å². The van der Waals surface area contributed by atoms with Gasteiger partial charge in [-0.25, -0.2) is 14.6 Å². The molecule has 0 aliphatic carbocycles. The number of aromatic amines is 1. The van der Waals surface area contributed by atoms with Crippen molar-refractivity contribution in [3.05, 3.63) is 38.2 Å². The molecule has 25 heavy (non-hydrogen) atoms. The van der Waals surface area contributed by atoms with E-state index in [-0.39, 0.29) is 29.9 Å². The SMILES string of the molecule is CCOC(=O)c1nc2c(cc1CCCOC(C)=O)c(=O)[nH]c(=O)n2C. The number of aryl methyl sites for hydroxylation is 2. The van der Waals surface area contributed by atoms with E-state index in [1.807, 2.05) is 0 Å². The van der Waals surface area contributed by atoms with Crippen molar-refractivity contribution in [2.75, 3.05) is 13.2 Å². The van der Waals surface area contributed by atoms with Crippen LogP contribution in [0.15, 0.2) is 15.7 Å². The molecule has 0 fully saturated rings. The van der Waals surface area contributed by atoms with E-state index in [9.17, 15) is 19.2 Å². The Labute approximate surface area is 142 Å². The van der Waals surface area contributed by atoms with E-state index in [4.69, 9.17) is 9.47 Å². The fraction of sp³-hybridized carbons (Fsp3) is 0.438. The summed E-state index contributed by atoms with van der Waals surface area (Å²) < 4.78 is 11.0. The van der Waals surface area contributed by atoms with Gasteiger partial charge in [0, 0.05) is 14.0 Å². The highest BCUT2D eigenvalue weighted by molar-refractivity contribution is 5.92. The van der Waals surface area contributed by atoms with Crippen LogP contribution in [0.3, 0.4) is 0 Å². The van der Waals surface area contributed by atoms with Crippen LogP contribution in [0.1, 0.15) is 36.3 Å². The number of esters is 2. The third-order valence-corrected chi connectivity index (χ3v) is 3.53. The van der Waals surface area contributed by atoms with Crippen molar-refractivity contribution in [2.45, 2.75) is 26.7 Å². The first-order valence-electron chi connectivity index (χ1n) is 7.78. The number of aromatic nitrogens is 3. The Bertz CT molecular complexity index is 928. The summed E-state index contributed by atoms with van der Waals surface area (Å²) in [7, 11) is 1.45. The summed E-state index contributed by atoms with van der Waals surface area (Å²) in [5.74, 6) is -1.03. The summed E-state index contributed by atoms with van der Waals surface area (Å²) in [6.07, 6.45) is 0.801. The van der Waals surface area contributed by atoms with E-state index in [0.717, 1.165) is 4.57 Å². The zero-order valence-corrected chi connectivity index (χ0v) is 14.2. The molecule has 0 radical (unpaired) electrons. The van der Waals surface area contributed by atoms with E-state index in [1.165, 1.54) is 20.0 Å². The molecule has 0 spiro atoms. The molecule has 2 heterocycles. The highest BCUT2D eigenvalue weighted by Crippen LogP contribution is 2.16. The molecular weight excluding hydrogens is 330 g/mol. The number of pyridine rings is 1. The van der Waals surface area contributed by atoms with Crippen LogP contribution in [-0.4, -0.2) is 39.7 Å². The molecule has 2 rings (SSSR count). The average molecular weight is 349 g/mol. The molecule has 0 atom stereocenters. The topological polar surface area (TPSA) is 120 Å². The van der Waals surface area contributed by atoms with Gasteiger partial charge in [0.05, 0.1) is 18.6 Å². The quantitative estimate of drug-likeness (QED) is 0.588. The van der Waals surface area contributed by atoms with Crippen molar-refractivity contribution in [1.82, 2.24) is 14.5 Å². The number of carbonyl (C=O) groups is 2. The molecule has 9 heteroatoms. The zero-order valence-electron chi connectivity index (χ0n) is 14.2. The first-order chi connectivity index (χ1) is 11.8. The van der Waals surface area contributed by atoms with Crippen LogP contribution in [0.2, 0.25) is 0 Å². The lowest BCUT2D eigenvalue weighted by atomic mass is 10.1. The van der Waals surface area contributed by atoms with E-state index in [2.05, 4.69) is 9.97 Å². The molecule has 0 aliphatic heterocycles. The van der Waals surface area contributed by atoms with Gasteiger partial charge in [-0.1, -0.05) is 0 Å². The number of ether oxygens (including phenoxy) is 2. The fourth-order valence-corrected chi connectivity index (χ4v) is 2.36. The van der Waals surface area contributed by atoms with Crippen LogP contribution in [0.4, 0.5) is 0 Å². The maximum atomic E-state index is 12.2. The van der Waals surface area contributed by atoms with Crippen LogP contribution >= 0.6 is 0 Å². The normalized spacial score (nSPS) is 10.7. The Hall–Kier alpha value is -2.97. The van der Waals surface area contributed by atoms with Gasteiger partial charge in [0.25, 0.3) is 5.56 Å². The standard InChI is InChI=1S/C16H19N3O6/c1-4-24-15(22)12-10(6-5-7-25-9(2)20)8-11-13(17-12)19(3)16(23)18-14(11)21/h8H,4-7H2,1-3H3,(H,18,21,23). The smallest absolute Gasteiger partial charge is 0.357 e. The van der Waals surface area contributed by atoms with Crippen LogP contribution in [0.25, 0.3) is 11.0 Å². The van der Waals surface area contributed by atoms with E-state index < -0.39 is 23.2 Å². The van der Waals surface area contributed by atoms with Gasteiger partial charge in [0.1, 0.15) is 5.65 Å². The average Bonchev–Trinajstić information content (AvgIpc) is 2.56. The molecule has 2 aromatic rings. The highest BCUT2D eigenvalue weighted by Gasteiger charge is 2.18. The largest absolute Gasteiger partial charge is 0.466 e. The molecule has 134 valence electrons. The lowest BCUT2D eigenvalue weighted by molar-refractivity contribution is -0.141. The van der Waals surface area contributed by atoms with Crippen molar-refractivity contribution >= 4 is 23.0 Å². The van der Waals surface area contributed by atoms with Gasteiger partial charge in [-0.15, -0.1) is 0 Å². The Morgan fingerprint density at radius 2 is 2.00 bits per heavy atom. The molecule has 0 saturated heterocycles. The van der Waals surface area contributed by atoms with Crippen molar-refractivity contribution in [3.8, 4) is 0 Å². The minimum atomic E-state index is -0.639. The van der Waals surface area contributed by atoms with Crippen LogP contribution in [-0.2, 0) is 27.7 Å². The van der Waals surface area contributed by atoms with Gasteiger partial charge in [0.2, 0.25) is 0 Å². The van der Waals surface area contributed by atoms with Gasteiger partial charge in [-0.2, -0.15) is 0 Å². The second kappa shape index (κ2) is 7.73. The molecule has 9 nitrogen and oxygen atoms in total. The van der Waals surface area contributed by atoms with Gasteiger partial charge in [-0.3, -0.25) is 19.1 Å². The van der Waals surface area contributed by atoms with Gasteiger partial charge < -0.3 is 9.47 Å². The minimum Gasteiger partial charge on any atom is -0.466 e. The van der Waals surface area contributed by atoms with Crippen molar-refractivity contribution in [2.24, 2.45) is 7.05 Å². The number of hydrogen-bond acceptors (Lipinski definition) is 7. The van der Waals surface area contributed by atoms with Gasteiger partial charge in [0.15, 0.2) is 5.69 Å². The number of H-pyrrole nitrogens is 1. The summed E-state index contributed by atoms with van der Waals surface area (Å²) in [4.78, 5) is 53.1. The zero-order chi connectivity index (χ0) is 18.6. The molecule has 0 aliphatic rings. The molecule has 0 aromatic carbocycles. The van der Waals surface area contributed by atoms with Crippen molar-refractivity contribution in [1.29, 1.82) is 0 Å². The maximum Gasteiger partial charge on any atom is 0.357 e. The number of carbonyl (C=O) groups excluding carboxylic acids is 2. The first-order valence-corrected chi connectivity index (χ1v) is 7.78. The number of nitrogens with zero attached hydrogens (tertiary/aromatic N) is 2. The third kappa shape index (κ3) is 4.11. The molecule has 0 saturated carbocycles. The van der Waals surface area contributed by atoms with Gasteiger partial charge in [-0.05, 0) is 31.4 Å². The Morgan fingerprint density at radius 1 is 1.28 bits per heavy atom. The second-order valence-electron chi connectivity index (χ2n) is 5.35. The van der Waals surface area contributed by atoms with Crippen molar-refractivity contribution in [3.63, 3.8) is 0 Å². The van der Waals surface area contributed by atoms with Gasteiger partial charge >= 0.3 is 17.6 Å². The fourth-order valence-electron chi connectivity index (χ4n) is 2.36. The van der Waals surface area contributed by atoms with Crippen LogP contribution < -0.4 is 11.2 Å². The minimum absolute atomic E-state index is 0.0396. The number of nitrogens with one attached hydrogen (secondary N) is 1. The van der Waals surface area contributed by atoms with E-state index in [0.29, 0.717) is 18.4 Å². The predicted octanol–water partition coefficient (Wildman–Crippen LogP) is 0.294. The highest BCUT2D eigenvalue weighted by atomic mass is 16.5. The van der Waals surface area contributed by atoms with Crippen molar-refractivity contribution < 1.29 is 19.1 Å². The Balaban J connectivity index is 2.51. The monoisotopic (exact) mass is 349 g/mol. The number of rotatable bonds is 6. The summed E-state index contributed by atoms with van der Waals surface area (Å²) in [6.45, 7) is 3.32. The predicted molar refractivity (Wildman–Crippen MR) is 88.5 cm³/mol. The summed E-state index contributed by atoms with van der Waals surface area (Å²) in [5.41, 5.74) is -0.578. The lowest BCUT2D eigenvalue weighted by Crippen LogP contribution is -2.29. The molecule has 1 N–H and O–H groups in total. The summed E-state index contributed by atoms with van der Waals surface area (Å²) in [6, 6.07) is 1.51. The number of hydrogen-bond donors (Lipinski definition) is 1. The molecule has 2 aromatic heterocycles. The third-order valence-electron chi connectivity index (χ3n) is 3.53. The molecule has 0 bridgehead atoms. The van der Waals surface area contributed by atoms with E-state index in [1.54, 1.807) is 6.92 Å². The lowest BCUT2D eigenvalue weighted by Gasteiger charge is -2.11. The summed E-state index contributed by atoms with van der Waals surface area (Å²) >= 11 is 0. The first kappa shape index (κ1) is 18.4.